The quantitative estimate of drug-likeness (QED) is 0.163. The Kier molecular flexibility index (Phi) is 10.2. The fraction of sp³-hybridized carbons (Fsp3) is 0.364. The van der Waals surface area contributed by atoms with Gasteiger partial charge in [-0.25, -0.2) is 0 Å². The van der Waals surface area contributed by atoms with Crippen LogP contribution in [0.15, 0.2) is 140 Å². The Bertz CT molecular complexity index is 3220. The van der Waals surface area contributed by atoms with Gasteiger partial charge in [0, 0.05) is 50.8 Å². The highest BCUT2D eigenvalue weighted by molar-refractivity contribution is 7.00. The highest BCUT2D eigenvalue weighted by Crippen LogP contribution is 2.60. The summed E-state index contributed by atoms with van der Waals surface area (Å²) in [6.07, 6.45) is 9.73. The van der Waals surface area contributed by atoms with E-state index in [9.17, 15) is 0 Å². The van der Waals surface area contributed by atoms with Gasteiger partial charge in [-0.3, -0.25) is 0 Å². The fourth-order valence-electron chi connectivity index (χ4n) is 14.0. The lowest BCUT2D eigenvalue weighted by Gasteiger charge is -2.49. The molecule has 1 fully saturated rings. The molecule has 1 saturated carbocycles. The molecule has 0 bridgehead atoms. The molecular weight excluding hydrogens is 846 g/mol. The predicted molar refractivity (Wildman–Crippen MR) is 301 cm³/mol. The maximum atomic E-state index is 2.80. The summed E-state index contributed by atoms with van der Waals surface area (Å²) in [4.78, 5) is 8.12. The number of aryl methyl sites for hydroxylation is 1. The average molecular weight is 918 g/mol. The van der Waals surface area contributed by atoms with Crippen molar-refractivity contribution in [3.05, 3.63) is 173 Å². The first-order valence-electron chi connectivity index (χ1n) is 26.6. The van der Waals surface area contributed by atoms with Crippen LogP contribution in [0.25, 0.3) is 11.1 Å². The minimum Gasteiger partial charge on any atom is -0.334 e. The van der Waals surface area contributed by atoms with Crippen molar-refractivity contribution in [2.24, 2.45) is 5.41 Å². The highest BCUT2D eigenvalue weighted by Gasteiger charge is 2.56. The van der Waals surface area contributed by atoms with Crippen molar-refractivity contribution >= 4 is 68.6 Å². The number of fused-ring (bicyclic) bond motifs is 8. The van der Waals surface area contributed by atoms with Gasteiger partial charge >= 0.3 is 0 Å². The number of benzene rings is 7. The number of rotatable bonds is 4. The lowest BCUT2D eigenvalue weighted by atomic mass is 9.33. The van der Waals surface area contributed by atoms with E-state index >= 15 is 0 Å². The third kappa shape index (κ3) is 6.89. The van der Waals surface area contributed by atoms with E-state index in [1.807, 2.05) is 0 Å². The second-order valence-corrected chi connectivity index (χ2v) is 25.3. The zero-order chi connectivity index (χ0) is 48.7. The summed E-state index contributed by atoms with van der Waals surface area (Å²) in [6, 6.07) is 55.3. The molecule has 0 spiro atoms. The Labute approximate surface area is 420 Å². The van der Waals surface area contributed by atoms with E-state index in [4.69, 9.17) is 0 Å². The lowest BCUT2D eigenvalue weighted by Crippen LogP contribution is -2.61. The van der Waals surface area contributed by atoms with Gasteiger partial charge in [-0.2, -0.15) is 0 Å². The zero-order valence-corrected chi connectivity index (χ0v) is 43.9. The normalized spacial score (nSPS) is 21.0. The SMILES string of the molecule is Cc1cc2c3c(c1)N(c1ccc(C(C)(C)C)cc1-c1ccccc1)c1cc4c(cc1B3c1ccc(N3c5ccccc5C5(C)CCCCCCC35C)cc1N2c1ccc(C(C)(C)C)cc1)CC(C)(C)C4. The van der Waals surface area contributed by atoms with E-state index in [1.54, 1.807) is 0 Å². The molecule has 7 aromatic rings. The van der Waals surface area contributed by atoms with Crippen LogP contribution in [0.5, 0.6) is 0 Å². The Balaban J connectivity index is 1.14. The molecule has 2 unspecified atom stereocenters. The van der Waals surface area contributed by atoms with Gasteiger partial charge in [0.05, 0.1) is 11.2 Å². The first-order chi connectivity index (χ1) is 33.3. The summed E-state index contributed by atoms with van der Waals surface area (Å²) >= 11 is 0. The third-order valence-corrected chi connectivity index (χ3v) is 17.8. The molecule has 2 atom stereocenters. The topological polar surface area (TPSA) is 9.72 Å². The molecular formula is C66H72BN3. The van der Waals surface area contributed by atoms with Crippen LogP contribution in [0.1, 0.15) is 141 Å². The molecule has 7 aromatic carbocycles. The summed E-state index contributed by atoms with van der Waals surface area (Å²) in [6.45, 7) is 26.4. The van der Waals surface area contributed by atoms with Gasteiger partial charge in [0.2, 0.25) is 0 Å². The van der Waals surface area contributed by atoms with Crippen LogP contribution in [-0.2, 0) is 29.1 Å². The van der Waals surface area contributed by atoms with Gasteiger partial charge in [0.1, 0.15) is 0 Å². The van der Waals surface area contributed by atoms with Crippen LogP contribution < -0.4 is 31.1 Å². The molecule has 0 N–H and O–H groups in total. The number of hydrogen-bond donors (Lipinski definition) is 0. The van der Waals surface area contributed by atoms with Gasteiger partial charge in [-0.1, -0.05) is 167 Å². The maximum Gasteiger partial charge on any atom is 0.252 e. The molecule has 0 radical (unpaired) electrons. The van der Waals surface area contributed by atoms with Crippen molar-refractivity contribution in [3.63, 3.8) is 0 Å². The molecule has 3 nitrogen and oxygen atoms in total. The van der Waals surface area contributed by atoms with Crippen molar-refractivity contribution in [1.29, 1.82) is 0 Å². The van der Waals surface area contributed by atoms with Crippen LogP contribution in [0.3, 0.4) is 0 Å². The zero-order valence-electron chi connectivity index (χ0n) is 43.9. The second-order valence-electron chi connectivity index (χ2n) is 25.3. The lowest BCUT2D eigenvalue weighted by molar-refractivity contribution is 0.218. The number of hydrogen-bond acceptors (Lipinski definition) is 3. The largest absolute Gasteiger partial charge is 0.334 e. The van der Waals surface area contributed by atoms with Crippen LogP contribution in [-0.4, -0.2) is 12.3 Å². The number of nitrogens with zero attached hydrogens (tertiary/aromatic N) is 3. The first kappa shape index (κ1) is 45.2. The Morgan fingerprint density at radius 1 is 0.486 bits per heavy atom. The molecule has 70 heavy (non-hydrogen) atoms. The highest BCUT2D eigenvalue weighted by atomic mass is 15.3. The van der Waals surface area contributed by atoms with Gasteiger partial charge in [0.15, 0.2) is 0 Å². The van der Waals surface area contributed by atoms with Gasteiger partial charge < -0.3 is 14.7 Å². The van der Waals surface area contributed by atoms with E-state index in [-0.39, 0.29) is 33.9 Å². The standard InChI is InChI=1S/C66H72BN3/c1-43-35-59-61-60(36-43)69(55-32-27-48(63(5,6)7)39-51(55)44-21-15-14-16-22-44)57-38-46-42-64(8,9)41-45(46)37-54(57)67(61)53-31-30-50(40-58(53)68(59)49-28-25-47(26-29-49)62(2,3)4)70-56-24-18-17-23-52(56)65(10)33-19-12-13-20-34-66(65,70)11/h14-18,21-32,35-40H,12-13,19-20,33-34,41-42H2,1-11H3. The predicted octanol–water partition coefficient (Wildman–Crippen LogP) is 16.0. The number of para-hydroxylation sites is 1. The fourth-order valence-corrected chi connectivity index (χ4v) is 14.0. The van der Waals surface area contributed by atoms with E-state index in [2.05, 4.69) is 230 Å². The second kappa shape index (κ2) is 15.8. The van der Waals surface area contributed by atoms with Crippen LogP contribution >= 0.6 is 0 Å². The minimum atomic E-state index is -0.0643. The monoisotopic (exact) mass is 918 g/mol. The van der Waals surface area contributed by atoms with Crippen LogP contribution in [0.4, 0.5) is 45.5 Å². The average Bonchev–Trinajstić information content (AvgIpc) is 3.72. The van der Waals surface area contributed by atoms with Crippen molar-refractivity contribution < 1.29 is 0 Å². The first-order valence-corrected chi connectivity index (χ1v) is 26.6. The molecule has 4 heteroatoms. The smallest absolute Gasteiger partial charge is 0.252 e. The van der Waals surface area contributed by atoms with Crippen LogP contribution in [0.2, 0.25) is 0 Å². The Hall–Kier alpha value is -6.00. The summed E-state index contributed by atoms with van der Waals surface area (Å²) in [5.41, 5.74) is 25.7. The molecule has 3 heterocycles. The van der Waals surface area contributed by atoms with Crippen molar-refractivity contribution in [3.8, 4) is 11.1 Å². The summed E-state index contributed by atoms with van der Waals surface area (Å²) in [5.74, 6) is 0. The Morgan fingerprint density at radius 3 is 1.81 bits per heavy atom. The maximum absolute atomic E-state index is 2.80. The molecule has 354 valence electrons. The summed E-state index contributed by atoms with van der Waals surface area (Å²) in [7, 11) is 0. The Morgan fingerprint density at radius 2 is 1.10 bits per heavy atom. The van der Waals surface area contributed by atoms with Crippen molar-refractivity contribution in [2.75, 3.05) is 14.7 Å². The molecule has 0 aromatic heterocycles. The minimum absolute atomic E-state index is 0.00380. The van der Waals surface area contributed by atoms with Crippen molar-refractivity contribution in [2.45, 2.75) is 149 Å². The summed E-state index contributed by atoms with van der Waals surface area (Å²) < 4.78 is 0. The van der Waals surface area contributed by atoms with E-state index in [0.29, 0.717) is 0 Å². The van der Waals surface area contributed by atoms with Gasteiger partial charge in [-0.15, -0.1) is 0 Å². The molecule has 3 aliphatic heterocycles. The molecule has 2 aliphatic carbocycles. The van der Waals surface area contributed by atoms with Crippen LogP contribution in [0, 0.1) is 12.3 Å². The molecule has 12 rings (SSSR count). The molecule has 5 aliphatic rings. The number of anilines is 8. The van der Waals surface area contributed by atoms with Gasteiger partial charge in [0.25, 0.3) is 6.71 Å². The van der Waals surface area contributed by atoms with E-state index in [1.165, 1.54) is 145 Å². The van der Waals surface area contributed by atoms with Crippen molar-refractivity contribution in [1.82, 2.24) is 0 Å². The molecule has 0 amide bonds. The van der Waals surface area contributed by atoms with E-state index < -0.39 is 0 Å². The third-order valence-electron chi connectivity index (χ3n) is 17.8. The van der Waals surface area contributed by atoms with Gasteiger partial charge in [-0.05, 0) is 172 Å². The molecule has 0 saturated heterocycles. The van der Waals surface area contributed by atoms with E-state index in [0.717, 1.165) is 12.8 Å². The summed E-state index contributed by atoms with van der Waals surface area (Å²) in [5, 5.41) is 0.